The van der Waals surface area contributed by atoms with Gasteiger partial charge in [-0.05, 0) is 36.8 Å². The molecule has 5 rings (SSSR count). The highest BCUT2D eigenvalue weighted by Crippen LogP contribution is 2.49. The van der Waals surface area contributed by atoms with Gasteiger partial charge < -0.3 is 15.0 Å². The van der Waals surface area contributed by atoms with Crippen molar-refractivity contribution >= 4 is 44.8 Å². The maximum Gasteiger partial charge on any atom is 0.228 e. The molecule has 2 aromatic carbocycles. The number of nitrogens with zero attached hydrogens (tertiary/aromatic N) is 1. The normalized spacial score (nSPS) is 22.8. The van der Waals surface area contributed by atoms with E-state index in [-0.39, 0.29) is 40.9 Å². The molecule has 13 heteroatoms. The molecular weight excluding hydrogens is 558 g/mol. The lowest BCUT2D eigenvalue weighted by molar-refractivity contribution is -0.150. The number of halogens is 3. The number of fused-ring (bicyclic) bond motifs is 1. The first-order valence-corrected chi connectivity index (χ1v) is 13.9. The van der Waals surface area contributed by atoms with Gasteiger partial charge in [0.1, 0.15) is 11.6 Å². The van der Waals surface area contributed by atoms with E-state index in [0.717, 1.165) is 11.0 Å². The molecule has 2 aromatic rings. The Kier molecular flexibility index (Phi) is 8.08. The molecule has 0 bridgehead atoms. The minimum Gasteiger partial charge on any atom is -0.493 e. The summed E-state index contributed by atoms with van der Waals surface area (Å²) in [5.41, 5.74) is 0.0855. The second kappa shape index (κ2) is 11.0. The number of ketones is 2. The van der Waals surface area contributed by atoms with Crippen molar-refractivity contribution in [2.45, 2.75) is 41.9 Å². The standard InChI is InChI=1S/C20H16ClF2NO5S.C6H9NO2/c1-29-18-11(7-14(22)8-16(18)23)6-12-10-24-17(25)9-20(24,19(12)26)30(27,28)15-4-2-13(21)3-5-15;8-5-1-2-6(9)7-4-3-5/h2-5,7-8,12H,6,9-10H2,1H3;1-4H2,(H,7,9). The van der Waals surface area contributed by atoms with E-state index in [9.17, 15) is 36.4 Å². The highest BCUT2D eigenvalue weighted by atomic mass is 35.5. The fraction of sp³-hybridized carbons (Fsp3) is 0.385. The summed E-state index contributed by atoms with van der Waals surface area (Å²) >= 11 is 5.82. The fourth-order valence-electron chi connectivity index (χ4n) is 5.00. The summed E-state index contributed by atoms with van der Waals surface area (Å²) in [5, 5.41) is 2.94. The van der Waals surface area contributed by atoms with Crippen molar-refractivity contribution in [1.29, 1.82) is 0 Å². The van der Waals surface area contributed by atoms with Gasteiger partial charge in [-0.15, -0.1) is 0 Å². The van der Waals surface area contributed by atoms with Gasteiger partial charge in [0.25, 0.3) is 0 Å². The van der Waals surface area contributed by atoms with Gasteiger partial charge in [-0.2, -0.15) is 0 Å². The van der Waals surface area contributed by atoms with E-state index in [2.05, 4.69) is 5.32 Å². The maximum absolute atomic E-state index is 14.0. The summed E-state index contributed by atoms with van der Waals surface area (Å²) in [6, 6.07) is 7.01. The zero-order chi connectivity index (χ0) is 28.5. The Bertz CT molecular complexity index is 1430. The minimum atomic E-state index is -4.24. The van der Waals surface area contributed by atoms with Crippen LogP contribution in [0.25, 0.3) is 0 Å². The van der Waals surface area contributed by atoms with Crippen LogP contribution >= 0.6 is 11.6 Å². The molecule has 2 amide bonds. The third kappa shape index (κ3) is 5.27. The molecule has 3 fully saturated rings. The molecule has 0 saturated carbocycles. The maximum atomic E-state index is 14.0. The molecule has 0 spiro atoms. The molecule has 3 heterocycles. The first-order valence-electron chi connectivity index (χ1n) is 12.1. The van der Waals surface area contributed by atoms with Crippen molar-refractivity contribution in [2.75, 3.05) is 20.2 Å². The Morgan fingerprint density at radius 1 is 1.08 bits per heavy atom. The zero-order valence-corrected chi connectivity index (χ0v) is 22.4. The summed E-state index contributed by atoms with van der Waals surface area (Å²) in [6.07, 6.45) is 0.663. The number of methoxy groups -OCH3 is 1. The lowest BCUT2D eigenvalue weighted by atomic mass is 9.92. The van der Waals surface area contributed by atoms with Crippen molar-refractivity contribution in [1.82, 2.24) is 10.2 Å². The Hall–Kier alpha value is -3.38. The van der Waals surface area contributed by atoms with E-state index in [4.69, 9.17) is 16.3 Å². The van der Waals surface area contributed by atoms with Gasteiger partial charge in [0.05, 0.1) is 18.4 Å². The van der Waals surface area contributed by atoms with Gasteiger partial charge >= 0.3 is 0 Å². The predicted molar refractivity (Wildman–Crippen MR) is 135 cm³/mol. The van der Waals surface area contributed by atoms with Gasteiger partial charge in [0.15, 0.2) is 17.3 Å². The van der Waals surface area contributed by atoms with E-state index in [1.807, 2.05) is 0 Å². The molecule has 0 radical (unpaired) electrons. The highest BCUT2D eigenvalue weighted by molar-refractivity contribution is 7.93. The largest absolute Gasteiger partial charge is 0.493 e. The number of sulfone groups is 1. The van der Waals surface area contributed by atoms with E-state index < -0.39 is 50.4 Å². The second-order valence-electron chi connectivity index (χ2n) is 9.41. The second-order valence-corrected chi connectivity index (χ2v) is 12.0. The minimum absolute atomic E-state index is 0.000787. The number of carbonyl (C=O) groups is 4. The number of ether oxygens (including phenoxy) is 1. The molecule has 1 N–H and O–H groups in total. The number of Topliss-reactive ketones (excluding diaryl/α,β-unsaturated/α-hetero) is 2. The highest BCUT2D eigenvalue weighted by Gasteiger charge is 2.70. The quantitative estimate of drug-likeness (QED) is 0.537. The van der Waals surface area contributed by atoms with E-state index >= 15 is 0 Å². The monoisotopic (exact) mass is 582 g/mol. The van der Waals surface area contributed by atoms with Crippen molar-refractivity contribution in [3.8, 4) is 5.75 Å². The summed E-state index contributed by atoms with van der Waals surface area (Å²) in [5.74, 6) is -3.91. The van der Waals surface area contributed by atoms with Gasteiger partial charge in [0.2, 0.25) is 26.5 Å². The third-order valence-corrected chi connectivity index (χ3v) is 9.57. The summed E-state index contributed by atoms with van der Waals surface area (Å²) in [6.45, 7) is 0.365. The lowest BCUT2D eigenvalue weighted by Crippen LogP contribution is -2.67. The van der Waals surface area contributed by atoms with Crippen LogP contribution in [0.15, 0.2) is 41.3 Å². The molecule has 9 nitrogen and oxygen atoms in total. The number of β-lactam (4-membered cyclic amide) rings is 1. The fourth-order valence-corrected chi connectivity index (χ4v) is 7.22. The van der Waals surface area contributed by atoms with E-state index in [1.165, 1.54) is 31.4 Å². The molecule has 3 saturated heterocycles. The lowest BCUT2D eigenvalue weighted by Gasteiger charge is -2.44. The first kappa shape index (κ1) is 28.6. The zero-order valence-electron chi connectivity index (χ0n) is 20.8. The molecule has 2 atom stereocenters. The number of rotatable bonds is 5. The number of benzene rings is 2. The van der Waals surface area contributed by atoms with Crippen molar-refractivity contribution in [3.05, 3.63) is 58.6 Å². The summed E-state index contributed by atoms with van der Waals surface area (Å²) in [4.78, 5) is 45.5. The Morgan fingerprint density at radius 3 is 2.41 bits per heavy atom. The van der Waals surface area contributed by atoms with Gasteiger partial charge in [-0.3, -0.25) is 19.2 Å². The van der Waals surface area contributed by atoms with Crippen LogP contribution in [0.2, 0.25) is 5.02 Å². The van der Waals surface area contributed by atoms with Crippen LogP contribution in [0, 0.1) is 17.6 Å². The summed E-state index contributed by atoms with van der Waals surface area (Å²) in [7, 11) is -3.03. The van der Waals surface area contributed by atoms with Crippen LogP contribution in [0.3, 0.4) is 0 Å². The van der Waals surface area contributed by atoms with Crippen LogP contribution < -0.4 is 10.1 Å². The van der Waals surface area contributed by atoms with Crippen molar-refractivity contribution in [2.24, 2.45) is 5.92 Å². The average molecular weight is 583 g/mol. The van der Waals surface area contributed by atoms with Crippen LogP contribution in [-0.2, 0) is 35.4 Å². The van der Waals surface area contributed by atoms with Gasteiger partial charge in [-0.1, -0.05) is 11.6 Å². The number of nitrogens with one attached hydrogen (secondary N) is 1. The molecule has 2 unspecified atom stereocenters. The predicted octanol–water partition coefficient (Wildman–Crippen LogP) is 2.63. The number of hydrogen-bond acceptors (Lipinski definition) is 7. The van der Waals surface area contributed by atoms with Crippen molar-refractivity contribution in [3.63, 3.8) is 0 Å². The molecule has 39 heavy (non-hydrogen) atoms. The van der Waals surface area contributed by atoms with E-state index in [0.29, 0.717) is 36.9 Å². The molecule has 3 aliphatic rings. The molecule has 0 aliphatic carbocycles. The van der Waals surface area contributed by atoms with Gasteiger partial charge in [-0.25, -0.2) is 17.2 Å². The Balaban J connectivity index is 0.000000333. The number of carbonyl (C=O) groups excluding carboxylic acids is 4. The molecule has 3 aliphatic heterocycles. The van der Waals surface area contributed by atoms with Crippen molar-refractivity contribution < 1.29 is 41.1 Å². The average Bonchev–Trinajstić information content (AvgIpc) is 2.96. The number of amides is 2. The van der Waals surface area contributed by atoms with E-state index in [1.54, 1.807) is 0 Å². The molecule has 0 aromatic heterocycles. The number of hydrogen-bond donors (Lipinski definition) is 1. The van der Waals surface area contributed by atoms with Crippen LogP contribution in [0.5, 0.6) is 5.75 Å². The molecule has 208 valence electrons. The Morgan fingerprint density at radius 2 is 1.77 bits per heavy atom. The molecular formula is C26H25ClF2N2O7S. The topological polar surface area (TPSA) is 127 Å². The summed E-state index contributed by atoms with van der Waals surface area (Å²) < 4.78 is 59.3. The van der Waals surface area contributed by atoms with Gasteiger partial charge in [0, 0.05) is 54.9 Å². The smallest absolute Gasteiger partial charge is 0.228 e. The third-order valence-electron chi connectivity index (χ3n) is 6.97. The Labute approximate surface area is 228 Å². The SMILES string of the molecule is COc1c(F)cc(F)cc1CC1CN2C(=O)CC2(S(=O)(=O)c2ccc(Cl)cc2)C1=O.O=C1CCNC(=O)CC1. The van der Waals surface area contributed by atoms with Crippen LogP contribution in [0.4, 0.5) is 8.78 Å². The van der Waals surface area contributed by atoms with Crippen LogP contribution in [0.1, 0.15) is 31.2 Å². The first-order chi connectivity index (χ1) is 18.4. The van der Waals surface area contributed by atoms with Crippen LogP contribution in [-0.4, -0.2) is 61.8 Å².